The number of rotatable bonds is 5. The summed E-state index contributed by atoms with van der Waals surface area (Å²) in [5, 5.41) is 12.5. The third-order valence-electron chi connectivity index (χ3n) is 3.02. The van der Waals surface area contributed by atoms with E-state index in [1.165, 1.54) is 5.56 Å². The van der Waals surface area contributed by atoms with Gasteiger partial charge in [0.25, 0.3) is 0 Å². The quantitative estimate of drug-likeness (QED) is 0.890. The summed E-state index contributed by atoms with van der Waals surface area (Å²) in [6.45, 7) is 5.90. The Balaban J connectivity index is 2.06. The Morgan fingerprint density at radius 1 is 1.26 bits per heavy atom. The van der Waals surface area contributed by atoms with E-state index in [1.54, 1.807) is 0 Å². The molecule has 0 spiro atoms. The van der Waals surface area contributed by atoms with Crippen molar-refractivity contribution in [1.82, 2.24) is 9.88 Å². The van der Waals surface area contributed by atoms with E-state index in [-0.39, 0.29) is 0 Å². The Bertz CT molecular complexity index is 576. The topological polar surface area (TPSA) is 40.8 Å². The SMILES string of the molecule is CC(C)NCc1ccn(Cc2ccccc2C#N)c1. The summed E-state index contributed by atoms with van der Waals surface area (Å²) >= 11 is 0. The molecule has 3 nitrogen and oxygen atoms in total. The van der Waals surface area contributed by atoms with Crippen LogP contribution in [0.1, 0.15) is 30.5 Å². The number of nitrogens with zero attached hydrogens (tertiary/aromatic N) is 2. The predicted octanol–water partition coefficient (Wildman–Crippen LogP) is 2.91. The second-order valence-corrected chi connectivity index (χ2v) is 5.00. The van der Waals surface area contributed by atoms with Crippen LogP contribution in [0, 0.1) is 11.3 Å². The minimum atomic E-state index is 0.489. The van der Waals surface area contributed by atoms with Gasteiger partial charge in [-0.25, -0.2) is 0 Å². The van der Waals surface area contributed by atoms with Gasteiger partial charge in [-0.2, -0.15) is 5.26 Å². The van der Waals surface area contributed by atoms with E-state index in [1.807, 2.05) is 24.3 Å². The summed E-state index contributed by atoms with van der Waals surface area (Å²) in [5.41, 5.74) is 3.07. The molecule has 0 aliphatic rings. The lowest BCUT2D eigenvalue weighted by Crippen LogP contribution is -2.21. The van der Waals surface area contributed by atoms with Gasteiger partial charge in [-0.3, -0.25) is 0 Å². The molecule has 0 radical (unpaired) electrons. The number of aromatic nitrogens is 1. The van der Waals surface area contributed by atoms with Crippen molar-refractivity contribution in [2.45, 2.75) is 33.0 Å². The first kappa shape index (κ1) is 13.4. The number of hydrogen-bond donors (Lipinski definition) is 1. The molecule has 0 atom stereocenters. The molecule has 1 N–H and O–H groups in total. The molecule has 0 fully saturated rings. The summed E-state index contributed by atoms with van der Waals surface area (Å²) in [7, 11) is 0. The monoisotopic (exact) mass is 253 g/mol. The maximum absolute atomic E-state index is 9.08. The van der Waals surface area contributed by atoms with E-state index >= 15 is 0 Å². The molecular weight excluding hydrogens is 234 g/mol. The van der Waals surface area contributed by atoms with Crippen molar-refractivity contribution in [3.8, 4) is 6.07 Å². The van der Waals surface area contributed by atoms with Crippen molar-refractivity contribution in [2.75, 3.05) is 0 Å². The van der Waals surface area contributed by atoms with Crippen molar-refractivity contribution in [2.24, 2.45) is 0 Å². The molecule has 1 aromatic heterocycles. The van der Waals surface area contributed by atoms with Gasteiger partial charge in [0.1, 0.15) is 0 Å². The van der Waals surface area contributed by atoms with E-state index in [0.29, 0.717) is 6.04 Å². The highest BCUT2D eigenvalue weighted by Crippen LogP contribution is 2.11. The first-order valence-corrected chi connectivity index (χ1v) is 6.55. The summed E-state index contributed by atoms with van der Waals surface area (Å²) < 4.78 is 2.12. The third kappa shape index (κ3) is 3.70. The first-order valence-electron chi connectivity index (χ1n) is 6.55. The number of hydrogen-bond acceptors (Lipinski definition) is 2. The first-order chi connectivity index (χ1) is 9.19. The summed E-state index contributed by atoms with van der Waals surface area (Å²) in [5.74, 6) is 0. The third-order valence-corrected chi connectivity index (χ3v) is 3.02. The molecule has 2 aromatic rings. The standard InChI is InChI=1S/C16H19N3/c1-13(2)18-10-14-7-8-19(11-14)12-16-6-4-3-5-15(16)9-17/h3-8,11,13,18H,10,12H2,1-2H3. The van der Waals surface area contributed by atoms with Gasteiger partial charge in [0.15, 0.2) is 0 Å². The van der Waals surface area contributed by atoms with E-state index in [0.717, 1.165) is 24.2 Å². The van der Waals surface area contributed by atoms with Gasteiger partial charge in [-0.1, -0.05) is 32.0 Å². The smallest absolute Gasteiger partial charge is 0.0995 e. The van der Waals surface area contributed by atoms with Crippen LogP contribution in [0.5, 0.6) is 0 Å². The molecule has 98 valence electrons. The van der Waals surface area contributed by atoms with Crippen LogP contribution in [0.3, 0.4) is 0 Å². The summed E-state index contributed by atoms with van der Waals surface area (Å²) in [4.78, 5) is 0. The van der Waals surface area contributed by atoms with Gasteiger partial charge in [0.2, 0.25) is 0 Å². The van der Waals surface area contributed by atoms with Crippen LogP contribution in [0.25, 0.3) is 0 Å². The van der Waals surface area contributed by atoms with Crippen LogP contribution in [0.4, 0.5) is 0 Å². The van der Waals surface area contributed by atoms with Crippen molar-refractivity contribution in [3.05, 3.63) is 59.4 Å². The van der Waals surface area contributed by atoms with Crippen LogP contribution in [-0.2, 0) is 13.1 Å². The fraction of sp³-hybridized carbons (Fsp3) is 0.312. The van der Waals surface area contributed by atoms with Gasteiger partial charge in [-0.15, -0.1) is 0 Å². The van der Waals surface area contributed by atoms with Crippen molar-refractivity contribution >= 4 is 0 Å². The molecule has 0 bridgehead atoms. The van der Waals surface area contributed by atoms with Crippen LogP contribution >= 0.6 is 0 Å². The van der Waals surface area contributed by atoms with Crippen LogP contribution < -0.4 is 5.32 Å². The number of benzene rings is 1. The predicted molar refractivity (Wildman–Crippen MR) is 76.7 cm³/mol. The van der Waals surface area contributed by atoms with Gasteiger partial charge < -0.3 is 9.88 Å². The lowest BCUT2D eigenvalue weighted by molar-refractivity contribution is 0.588. The minimum absolute atomic E-state index is 0.489. The Hall–Kier alpha value is -2.05. The lowest BCUT2D eigenvalue weighted by Gasteiger charge is -2.07. The second kappa shape index (κ2) is 6.21. The fourth-order valence-corrected chi connectivity index (χ4v) is 1.98. The average Bonchev–Trinajstić information content (AvgIpc) is 2.85. The second-order valence-electron chi connectivity index (χ2n) is 5.00. The molecule has 0 saturated carbocycles. The molecule has 0 unspecified atom stereocenters. The molecular formula is C16H19N3. The van der Waals surface area contributed by atoms with E-state index in [2.05, 4.69) is 48.3 Å². The van der Waals surface area contributed by atoms with E-state index in [4.69, 9.17) is 5.26 Å². The summed E-state index contributed by atoms with van der Waals surface area (Å²) in [6.07, 6.45) is 4.19. The molecule has 0 amide bonds. The van der Waals surface area contributed by atoms with Crippen molar-refractivity contribution < 1.29 is 0 Å². The highest BCUT2D eigenvalue weighted by atomic mass is 14.9. The van der Waals surface area contributed by atoms with Crippen LogP contribution in [0.15, 0.2) is 42.7 Å². The molecule has 0 saturated heterocycles. The number of nitrogens with one attached hydrogen (secondary N) is 1. The maximum Gasteiger partial charge on any atom is 0.0995 e. The molecule has 2 rings (SSSR count). The van der Waals surface area contributed by atoms with Gasteiger partial charge in [-0.05, 0) is 23.3 Å². The van der Waals surface area contributed by atoms with E-state index in [9.17, 15) is 0 Å². The normalized spacial score (nSPS) is 10.6. The Labute approximate surface area is 114 Å². The molecule has 3 heteroatoms. The fourth-order valence-electron chi connectivity index (χ4n) is 1.98. The molecule has 1 heterocycles. The molecule has 0 aliphatic carbocycles. The van der Waals surface area contributed by atoms with Gasteiger partial charge in [0, 0.05) is 31.5 Å². The lowest BCUT2D eigenvalue weighted by atomic mass is 10.1. The Morgan fingerprint density at radius 3 is 2.79 bits per heavy atom. The van der Waals surface area contributed by atoms with E-state index < -0.39 is 0 Å². The van der Waals surface area contributed by atoms with Crippen molar-refractivity contribution in [1.29, 1.82) is 5.26 Å². The summed E-state index contributed by atoms with van der Waals surface area (Å²) in [6, 6.07) is 12.6. The molecule has 1 aromatic carbocycles. The Morgan fingerprint density at radius 2 is 2.05 bits per heavy atom. The zero-order valence-corrected chi connectivity index (χ0v) is 11.4. The minimum Gasteiger partial charge on any atom is -0.350 e. The van der Waals surface area contributed by atoms with Crippen molar-refractivity contribution in [3.63, 3.8) is 0 Å². The largest absolute Gasteiger partial charge is 0.350 e. The van der Waals surface area contributed by atoms with Gasteiger partial charge in [0.05, 0.1) is 11.6 Å². The number of nitriles is 1. The maximum atomic E-state index is 9.08. The highest BCUT2D eigenvalue weighted by molar-refractivity contribution is 5.37. The van der Waals surface area contributed by atoms with Crippen LogP contribution in [0.2, 0.25) is 0 Å². The average molecular weight is 253 g/mol. The van der Waals surface area contributed by atoms with Gasteiger partial charge >= 0.3 is 0 Å². The molecule has 19 heavy (non-hydrogen) atoms. The highest BCUT2D eigenvalue weighted by Gasteiger charge is 2.03. The van der Waals surface area contributed by atoms with Crippen LogP contribution in [-0.4, -0.2) is 10.6 Å². The zero-order chi connectivity index (χ0) is 13.7. The Kier molecular flexibility index (Phi) is 4.38. The zero-order valence-electron chi connectivity index (χ0n) is 11.4. The molecule has 0 aliphatic heterocycles.